The molecule has 1 aromatic carbocycles. The zero-order chi connectivity index (χ0) is 21.0. The van der Waals surface area contributed by atoms with E-state index < -0.39 is 23.3 Å². The summed E-state index contributed by atoms with van der Waals surface area (Å²) in [5.74, 6) is 0.112. The van der Waals surface area contributed by atoms with Gasteiger partial charge in [-0.2, -0.15) is 18.4 Å². The van der Waals surface area contributed by atoms with Crippen LogP contribution in [-0.2, 0) is 11.0 Å². The quantitative estimate of drug-likeness (QED) is 0.816. The minimum Gasteiger partial charge on any atom is -0.354 e. The molecule has 0 spiro atoms. The maximum Gasteiger partial charge on any atom is 0.418 e. The molecule has 2 aromatic rings. The number of hydrogen-bond donors (Lipinski definition) is 1. The number of rotatable bonds is 4. The van der Waals surface area contributed by atoms with Gasteiger partial charge in [-0.1, -0.05) is 17.7 Å². The van der Waals surface area contributed by atoms with Gasteiger partial charge in [0.05, 0.1) is 34.5 Å². The van der Waals surface area contributed by atoms with E-state index in [4.69, 9.17) is 16.9 Å². The molecule has 152 valence electrons. The van der Waals surface area contributed by atoms with Crippen molar-refractivity contribution in [2.45, 2.75) is 6.18 Å². The predicted octanol–water partition coefficient (Wildman–Crippen LogP) is 3.39. The predicted molar refractivity (Wildman–Crippen MR) is 103 cm³/mol. The molecule has 0 unspecified atom stereocenters. The molecule has 1 aliphatic heterocycles. The van der Waals surface area contributed by atoms with Crippen LogP contribution in [0.4, 0.5) is 24.7 Å². The number of piperazine rings is 1. The molecule has 6 nitrogen and oxygen atoms in total. The first-order chi connectivity index (χ1) is 13.8. The Bertz CT molecular complexity index is 936. The van der Waals surface area contributed by atoms with Crippen molar-refractivity contribution in [3.05, 3.63) is 52.7 Å². The van der Waals surface area contributed by atoms with Crippen LogP contribution in [0.2, 0.25) is 5.02 Å². The molecular weight excluding hydrogens is 407 g/mol. The molecule has 1 N–H and O–H groups in total. The van der Waals surface area contributed by atoms with Gasteiger partial charge >= 0.3 is 6.18 Å². The highest BCUT2D eigenvalue weighted by atomic mass is 35.5. The Kier molecular flexibility index (Phi) is 6.25. The van der Waals surface area contributed by atoms with Crippen LogP contribution in [0.5, 0.6) is 0 Å². The number of carbonyl (C=O) groups is 1. The molecule has 1 amide bonds. The van der Waals surface area contributed by atoms with Crippen LogP contribution in [-0.4, -0.2) is 48.5 Å². The highest BCUT2D eigenvalue weighted by Gasteiger charge is 2.35. The number of amides is 1. The van der Waals surface area contributed by atoms with E-state index in [-0.39, 0.29) is 11.6 Å². The lowest BCUT2D eigenvalue weighted by Gasteiger charge is -2.35. The van der Waals surface area contributed by atoms with E-state index in [0.717, 1.165) is 6.07 Å². The van der Waals surface area contributed by atoms with Crippen molar-refractivity contribution in [2.24, 2.45) is 0 Å². The van der Waals surface area contributed by atoms with E-state index in [1.165, 1.54) is 12.1 Å². The summed E-state index contributed by atoms with van der Waals surface area (Å²) in [6, 6.07) is 8.74. The smallest absolute Gasteiger partial charge is 0.354 e. The van der Waals surface area contributed by atoms with Crippen LogP contribution in [0.15, 0.2) is 36.5 Å². The Hall–Kier alpha value is -2.83. The molecule has 0 radical (unpaired) electrons. The summed E-state index contributed by atoms with van der Waals surface area (Å²) >= 11 is 5.87. The van der Waals surface area contributed by atoms with E-state index in [0.29, 0.717) is 37.6 Å². The summed E-state index contributed by atoms with van der Waals surface area (Å²) in [4.78, 5) is 20.4. The largest absolute Gasteiger partial charge is 0.418 e. The molecule has 0 saturated carbocycles. The van der Waals surface area contributed by atoms with E-state index in [1.54, 1.807) is 18.3 Å². The van der Waals surface area contributed by atoms with E-state index in [9.17, 15) is 18.0 Å². The molecule has 2 heterocycles. The lowest BCUT2D eigenvalue weighted by atomic mass is 10.1. The number of nitriles is 1. The van der Waals surface area contributed by atoms with Crippen molar-refractivity contribution < 1.29 is 18.0 Å². The number of benzene rings is 1. The van der Waals surface area contributed by atoms with E-state index in [2.05, 4.69) is 16.4 Å². The number of nitrogens with zero attached hydrogens (tertiary/aromatic N) is 4. The van der Waals surface area contributed by atoms with Gasteiger partial charge in [0.15, 0.2) is 0 Å². The number of carbonyl (C=O) groups excluding carboxylic acids is 1. The summed E-state index contributed by atoms with van der Waals surface area (Å²) in [7, 11) is 0. The van der Waals surface area contributed by atoms with Gasteiger partial charge in [0.1, 0.15) is 5.82 Å². The third-order valence-electron chi connectivity index (χ3n) is 4.52. The number of pyridine rings is 1. The number of para-hydroxylation sites is 1. The average Bonchev–Trinajstić information content (AvgIpc) is 2.69. The number of hydrogen-bond acceptors (Lipinski definition) is 5. The SMILES string of the molecule is N#Cc1ccnc(N2CCN(CC(=O)Nc3c(Cl)cccc3C(F)(F)F)CC2)c1. The summed E-state index contributed by atoms with van der Waals surface area (Å²) in [5, 5.41) is 11.1. The monoisotopic (exact) mass is 423 g/mol. The average molecular weight is 424 g/mol. The van der Waals surface area contributed by atoms with E-state index >= 15 is 0 Å². The molecule has 1 saturated heterocycles. The van der Waals surface area contributed by atoms with Crippen molar-refractivity contribution in [2.75, 3.05) is 42.9 Å². The second-order valence-corrected chi connectivity index (χ2v) is 6.89. The Morgan fingerprint density at radius 2 is 1.97 bits per heavy atom. The summed E-state index contributed by atoms with van der Waals surface area (Å²) in [6.45, 7) is 2.16. The van der Waals surface area contributed by atoms with Crippen LogP contribution in [0.3, 0.4) is 0 Å². The summed E-state index contributed by atoms with van der Waals surface area (Å²) < 4.78 is 39.4. The first-order valence-electron chi connectivity index (χ1n) is 8.77. The van der Waals surface area contributed by atoms with E-state index in [1.807, 2.05) is 9.80 Å². The van der Waals surface area contributed by atoms with Crippen molar-refractivity contribution in [3.8, 4) is 6.07 Å². The number of anilines is 2. The topological polar surface area (TPSA) is 72.3 Å². The lowest BCUT2D eigenvalue weighted by molar-refractivity contribution is -0.137. The number of aromatic nitrogens is 1. The number of nitrogens with one attached hydrogen (secondary N) is 1. The first-order valence-corrected chi connectivity index (χ1v) is 9.15. The standard InChI is InChI=1S/C19H17ClF3N5O/c20-15-3-1-2-14(19(21,22)23)18(15)26-17(29)12-27-6-8-28(9-7-27)16-10-13(11-24)4-5-25-16/h1-5,10H,6-9,12H2,(H,26,29). The van der Waals surface area contributed by atoms with Crippen molar-refractivity contribution in [1.29, 1.82) is 5.26 Å². The molecule has 1 aliphatic rings. The normalized spacial score (nSPS) is 15.1. The Balaban J connectivity index is 1.59. The molecular formula is C19H17ClF3N5O. The fourth-order valence-electron chi connectivity index (χ4n) is 3.07. The van der Waals surface area contributed by atoms with Gasteiger partial charge in [-0.15, -0.1) is 0 Å². The van der Waals surface area contributed by atoms with Crippen LogP contribution in [0.25, 0.3) is 0 Å². The maximum absolute atomic E-state index is 13.1. The molecule has 0 aliphatic carbocycles. The van der Waals surface area contributed by atoms with Crippen LogP contribution in [0.1, 0.15) is 11.1 Å². The Morgan fingerprint density at radius 3 is 2.62 bits per heavy atom. The highest BCUT2D eigenvalue weighted by Crippen LogP contribution is 2.38. The highest BCUT2D eigenvalue weighted by molar-refractivity contribution is 6.34. The van der Waals surface area contributed by atoms with Crippen LogP contribution in [0, 0.1) is 11.3 Å². The van der Waals surface area contributed by atoms with Gasteiger partial charge in [0.25, 0.3) is 0 Å². The van der Waals surface area contributed by atoms with Crippen LogP contribution >= 0.6 is 11.6 Å². The van der Waals surface area contributed by atoms with Crippen molar-refractivity contribution in [1.82, 2.24) is 9.88 Å². The van der Waals surface area contributed by atoms with Gasteiger partial charge in [-0.3, -0.25) is 9.69 Å². The summed E-state index contributed by atoms with van der Waals surface area (Å²) in [6.07, 6.45) is -3.06. The zero-order valence-electron chi connectivity index (χ0n) is 15.2. The Labute approximate surface area is 170 Å². The van der Waals surface area contributed by atoms with Gasteiger partial charge in [-0.05, 0) is 24.3 Å². The van der Waals surface area contributed by atoms with Gasteiger partial charge in [-0.25, -0.2) is 4.98 Å². The number of alkyl halides is 3. The lowest BCUT2D eigenvalue weighted by Crippen LogP contribution is -2.49. The van der Waals surface area contributed by atoms with Gasteiger partial charge < -0.3 is 10.2 Å². The summed E-state index contributed by atoms with van der Waals surface area (Å²) in [5.41, 5.74) is -0.897. The molecule has 29 heavy (non-hydrogen) atoms. The number of halogens is 4. The van der Waals surface area contributed by atoms with Gasteiger partial charge in [0, 0.05) is 32.4 Å². The van der Waals surface area contributed by atoms with Gasteiger partial charge in [0.2, 0.25) is 5.91 Å². The Morgan fingerprint density at radius 1 is 1.24 bits per heavy atom. The molecule has 10 heteroatoms. The third-order valence-corrected chi connectivity index (χ3v) is 4.84. The molecule has 1 aromatic heterocycles. The third kappa shape index (κ3) is 5.16. The molecule has 3 rings (SSSR count). The second-order valence-electron chi connectivity index (χ2n) is 6.49. The maximum atomic E-state index is 13.1. The zero-order valence-corrected chi connectivity index (χ0v) is 16.0. The van der Waals surface area contributed by atoms with Crippen molar-refractivity contribution >= 4 is 29.0 Å². The first kappa shape index (κ1) is 20.9. The minimum atomic E-state index is -4.62. The molecule has 0 bridgehead atoms. The molecule has 0 atom stereocenters. The van der Waals surface area contributed by atoms with Crippen molar-refractivity contribution in [3.63, 3.8) is 0 Å². The molecule has 1 fully saturated rings. The second kappa shape index (κ2) is 8.68. The minimum absolute atomic E-state index is 0.0535. The fraction of sp³-hybridized carbons (Fsp3) is 0.316. The fourth-order valence-corrected chi connectivity index (χ4v) is 3.29. The van der Waals surface area contributed by atoms with Crippen LogP contribution < -0.4 is 10.2 Å².